The first-order chi connectivity index (χ1) is 12.5. The van der Waals surface area contributed by atoms with E-state index in [9.17, 15) is 14.3 Å². The molecule has 0 saturated carbocycles. The third kappa shape index (κ3) is 3.32. The van der Waals surface area contributed by atoms with Gasteiger partial charge in [-0.3, -0.25) is 9.48 Å². The van der Waals surface area contributed by atoms with Crippen molar-refractivity contribution in [3.63, 3.8) is 0 Å². The van der Waals surface area contributed by atoms with Crippen molar-refractivity contribution in [1.29, 1.82) is 0 Å². The van der Waals surface area contributed by atoms with E-state index in [4.69, 9.17) is 0 Å². The van der Waals surface area contributed by atoms with Gasteiger partial charge in [0, 0.05) is 0 Å². The fourth-order valence-electron chi connectivity index (χ4n) is 3.06. The van der Waals surface area contributed by atoms with Gasteiger partial charge in [-0.05, 0) is 37.0 Å². The number of aliphatic imine (C=N–C) groups is 1. The van der Waals surface area contributed by atoms with Crippen molar-refractivity contribution in [2.24, 2.45) is 4.99 Å². The second-order valence-corrected chi connectivity index (χ2v) is 6.83. The number of aliphatic hydroxyl groups excluding tert-OH is 1. The molecule has 0 saturated heterocycles. The molecule has 2 aromatic rings. The van der Waals surface area contributed by atoms with Crippen molar-refractivity contribution in [2.45, 2.75) is 26.1 Å². The Bertz CT molecular complexity index is 954. The van der Waals surface area contributed by atoms with Gasteiger partial charge in [0.2, 0.25) is 0 Å². The number of halogens is 1. The Morgan fingerprint density at radius 2 is 2.00 bits per heavy atom. The van der Waals surface area contributed by atoms with E-state index in [0.29, 0.717) is 34.1 Å². The van der Waals surface area contributed by atoms with Crippen LogP contribution in [0.4, 0.5) is 4.39 Å². The zero-order chi connectivity index (χ0) is 18.8. The molecule has 0 aliphatic carbocycles. The molecule has 1 N–H and O–H groups in total. The average molecular weight is 373 g/mol. The highest BCUT2D eigenvalue weighted by Crippen LogP contribution is 2.26. The molecule has 1 aromatic heterocycles. The van der Waals surface area contributed by atoms with E-state index in [-0.39, 0.29) is 17.9 Å². The lowest BCUT2D eigenvalue weighted by Gasteiger charge is -2.10. The lowest BCUT2D eigenvalue weighted by molar-refractivity contribution is 0.170. The van der Waals surface area contributed by atoms with Crippen LogP contribution in [-0.2, 0) is 13.1 Å². The molecule has 26 heavy (non-hydrogen) atoms. The molecule has 0 bridgehead atoms. The predicted octanol–water partition coefficient (Wildman–Crippen LogP) is 3.03. The van der Waals surface area contributed by atoms with Gasteiger partial charge in [0.25, 0.3) is 5.56 Å². The van der Waals surface area contributed by atoms with Crippen molar-refractivity contribution in [3.8, 4) is 11.1 Å². The minimum Gasteiger partial charge on any atom is -0.389 e. The molecule has 1 aromatic carbocycles. The predicted molar refractivity (Wildman–Crippen MR) is 104 cm³/mol. The lowest BCUT2D eigenvalue weighted by atomic mass is 10.0. The molecule has 136 valence electrons. The Labute approximate surface area is 155 Å². The summed E-state index contributed by atoms with van der Waals surface area (Å²) in [5, 5.41) is 10.6. The number of nitrogens with zero attached hydrogens (tertiary/aromatic N) is 3. The summed E-state index contributed by atoms with van der Waals surface area (Å²) in [6, 6.07) is 5.82. The third-order valence-corrected chi connectivity index (χ3v) is 4.75. The first kappa shape index (κ1) is 18.4. The van der Waals surface area contributed by atoms with Crippen LogP contribution in [0.1, 0.15) is 12.6 Å². The molecule has 0 amide bonds. The fraction of sp³-hybridized carbons (Fsp3) is 0.263. The maximum Gasteiger partial charge on any atom is 0.275 e. The van der Waals surface area contributed by atoms with Gasteiger partial charge in [0.1, 0.15) is 5.82 Å². The Hall–Kier alpha value is -2.38. The van der Waals surface area contributed by atoms with Gasteiger partial charge in [0.15, 0.2) is 0 Å². The summed E-state index contributed by atoms with van der Waals surface area (Å²) in [5.41, 5.74) is 2.02. The highest BCUT2D eigenvalue weighted by atomic mass is 32.2. The molecule has 1 unspecified atom stereocenters. The van der Waals surface area contributed by atoms with E-state index in [1.807, 2.05) is 25.3 Å². The van der Waals surface area contributed by atoms with E-state index in [1.165, 1.54) is 28.6 Å². The molecule has 2 heterocycles. The summed E-state index contributed by atoms with van der Waals surface area (Å²) in [6.07, 6.45) is 4.89. The minimum absolute atomic E-state index is 0.222. The van der Waals surface area contributed by atoms with Gasteiger partial charge < -0.3 is 5.11 Å². The first-order valence-electron chi connectivity index (χ1n) is 8.18. The smallest absolute Gasteiger partial charge is 0.275 e. The Balaban J connectivity index is 2.30. The SMILES string of the molecule is C=C(/N=C(\C=C/C)c1c(-c2ccc(F)cc2)c(=O)n2n1CC(O)C2)SC. The molecule has 1 aliphatic heterocycles. The van der Waals surface area contributed by atoms with Gasteiger partial charge in [-0.15, -0.1) is 11.8 Å². The number of thioether (sulfide) groups is 1. The van der Waals surface area contributed by atoms with Crippen LogP contribution in [0.3, 0.4) is 0 Å². The third-order valence-electron chi connectivity index (χ3n) is 4.18. The monoisotopic (exact) mass is 373 g/mol. The summed E-state index contributed by atoms with van der Waals surface area (Å²) in [7, 11) is 0. The van der Waals surface area contributed by atoms with Crippen LogP contribution in [-0.4, -0.2) is 32.5 Å². The van der Waals surface area contributed by atoms with Gasteiger partial charge in [-0.2, -0.15) is 0 Å². The topological polar surface area (TPSA) is 59.5 Å². The van der Waals surface area contributed by atoms with Crippen molar-refractivity contribution >= 4 is 17.5 Å². The van der Waals surface area contributed by atoms with E-state index in [0.717, 1.165) is 0 Å². The second kappa shape index (κ2) is 7.47. The zero-order valence-electron chi connectivity index (χ0n) is 14.6. The van der Waals surface area contributed by atoms with E-state index >= 15 is 0 Å². The number of benzene rings is 1. The van der Waals surface area contributed by atoms with Crippen LogP contribution >= 0.6 is 11.8 Å². The van der Waals surface area contributed by atoms with Crippen LogP contribution in [0.5, 0.6) is 0 Å². The van der Waals surface area contributed by atoms with Gasteiger partial charge in [0.05, 0.1) is 41.2 Å². The van der Waals surface area contributed by atoms with Crippen molar-refractivity contribution in [1.82, 2.24) is 9.36 Å². The van der Waals surface area contributed by atoms with Crippen LogP contribution in [0.15, 0.2) is 57.8 Å². The maximum absolute atomic E-state index is 13.3. The molecular formula is C19H20FN3O2S. The summed E-state index contributed by atoms with van der Waals surface area (Å²) in [5.74, 6) is -0.365. The molecule has 3 rings (SSSR count). The van der Waals surface area contributed by atoms with Crippen molar-refractivity contribution < 1.29 is 9.50 Å². The second-order valence-electron chi connectivity index (χ2n) is 5.95. The number of hydrogen-bond acceptors (Lipinski definition) is 4. The van der Waals surface area contributed by atoms with Crippen molar-refractivity contribution in [3.05, 3.63) is 69.9 Å². The molecule has 0 fully saturated rings. The number of fused-ring (bicyclic) bond motifs is 1. The summed E-state index contributed by atoms with van der Waals surface area (Å²) in [6.45, 7) is 6.28. The minimum atomic E-state index is -0.626. The number of aliphatic hydroxyl groups is 1. The van der Waals surface area contributed by atoms with Crippen LogP contribution in [0.25, 0.3) is 11.1 Å². The fourth-order valence-corrected chi connectivity index (χ4v) is 3.25. The summed E-state index contributed by atoms with van der Waals surface area (Å²) >= 11 is 1.41. The Morgan fingerprint density at radius 1 is 1.35 bits per heavy atom. The first-order valence-corrected chi connectivity index (χ1v) is 9.41. The number of allylic oxidation sites excluding steroid dienone is 2. The summed E-state index contributed by atoms with van der Waals surface area (Å²) < 4.78 is 16.6. The standard InChI is InChI=1S/C19H20FN3O2S/c1-4-5-16(21-12(2)26-3)18-17(13-6-8-14(20)9-7-13)19(25)23-11-15(24)10-22(18)23/h4-9,15,24H,2,10-11H2,1,3H3/b5-4-,21-16+. The normalized spacial score (nSPS) is 17.1. The van der Waals surface area contributed by atoms with Crippen LogP contribution in [0.2, 0.25) is 0 Å². The lowest BCUT2D eigenvalue weighted by Crippen LogP contribution is -2.19. The molecule has 0 spiro atoms. The molecule has 7 heteroatoms. The number of rotatable bonds is 5. The molecule has 1 atom stereocenters. The number of aromatic nitrogens is 2. The summed E-state index contributed by atoms with van der Waals surface area (Å²) in [4.78, 5) is 17.6. The molecule has 5 nitrogen and oxygen atoms in total. The number of hydrogen-bond donors (Lipinski definition) is 1. The largest absolute Gasteiger partial charge is 0.389 e. The molecule has 1 aliphatic rings. The average Bonchev–Trinajstić information content (AvgIpc) is 3.11. The molecule has 0 radical (unpaired) electrons. The van der Waals surface area contributed by atoms with Crippen LogP contribution < -0.4 is 5.56 Å². The Kier molecular flexibility index (Phi) is 5.29. The van der Waals surface area contributed by atoms with E-state index in [2.05, 4.69) is 11.6 Å². The quantitative estimate of drug-likeness (QED) is 0.820. The van der Waals surface area contributed by atoms with Crippen molar-refractivity contribution in [2.75, 3.05) is 6.26 Å². The maximum atomic E-state index is 13.3. The molecular weight excluding hydrogens is 353 g/mol. The highest BCUT2D eigenvalue weighted by Gasteiger charge is 2.30. The van der Waals surface area contributed by atoms with E-state index in [1.54, 1.807) is 16.8 Å². The van der Waals surface area contributed by atoms with E-state index < -0.39 is 6.10 Å². The van der Waals surface area contributed by atoms with Crippen LogP contribution in [0, 0.1) is 5.82 Å². The van der Waals surface area contributed by atoms with Gasteiger partial charge in [-0.1, -0.05) is 24.8 Å². The van der Waals surface area contributed by atoms with Gasteiger partial charge >= 0.3 is 0 Å². The zero-order valence-corrected chi connectivity index (χ0v) is 15.5. The van der Waals surface area contributed by atoms with Gasteiger partial charge in [-0.25, -0.2) is 14.1 Å². The highest BCUT2D eigenvalue weighted by molar-refractivity contribution is 8.02. The Morgan fingerprint density at radius 3 is 2.62 bits per heavy atom.